The molecule has 1 aromatic rings. The van der Waals surface area contributed by atoms with Crippen molar-refractivity contribution in [2.45, 2.75) is 12.8 Å². The topological polar surface area (TPSA) is 43.4 Å². The van der Waals surface area contributed by atoms with Crippen molar-refractivity contribution < 1.29 is 13.2 Å². The van der Waals surface area contributed by atoms with Crippen LogP contribution in [0.4, 0.5) is 0 Å². The van der Waals surface area contributed by atoms with Gasteiger partial charge in [0.25, 0.3) is 0 Å². The van der Waals surface area contributed by atoms with Gasteiger partial charge in [-0.3, -0.25) is 0 Å². The van der Waals surface area contributed by atoms with Gasteiger partial charge in [-0.2, -0.15) is 8.42 Å². The molecule has 0 spiro atoms. The normalized spacial score (nSPS) is 9.88. The minimum atomic E-state index is -2.16. The summed E-state index contributed by atoms with van der Waals surface area (Å²) in [6.07, 6.45) is 0.802. The van der Waals surface area contributed by atoms with Crippen LogP contribution in [0, 0.1) is 0 Å². The van der Waals surface area contributed by atoms with E-state index in [1.165, 1.54) is 0 Å². The van der Waals surface area contributed by atoms with Crippen molar-refractivity contribution in [2.24, 2.45) is 0 Å². The van der Waals surface area contributed by atoms with Crippen LogP contribution in [0.1, 0.15) is 12.0 Å². The van der Waals surface area contributed by atoms with Gasteiger partial charge in [0.05, 0.1) is 12.0 Å². The second kappa shape index (κ2) is 6.55. The maximum Gasteiger partial charge on any atom is 0.213 e. The molecule has 0 saturated carbocycles. The summed E-state index contributed by atoms with van der Waals surface area (Å²) in [5.74, 6) is 1.07. The quantitative estimate of drug-likeness (QED) is 0.600. The molecular weight excluding hydrogens is 248 g/mol. The third kappa shape index (κ3) is 3.87. The largest absolute Gasteiger partial charge is 0.497 e. The molecule has 1 rings (SSSR count). The van der Waals surface area contributed by atoms with Crippen LogP contribution in [-0.4, -0.2) is 26.3 Å². The van der Waals surface area contributed by atoms with E-state index in [0.29, 0.717) is 23.6 Å². The molecule has 0 aliphatic carbocycles. The molecular formula is C11H13ClO3S. The second-order valence-electron chi connectivity index (χ2n) is 3.24. The van der Waals surface area contributed by atoms with E-state index in [1.807, 2.05) is 12.1 Å². The lowest BCUT2D eigenvalue weighted by atomic mass is 10.1. The highest BCUT2D eigenvalue weighted by molar-refractivity contribution is 7.73. The zero-order chi connectivity index (χ0) is 12.0. The first-order valence-electron chi connectivity index (χ1n) is 4.80. The lowest BCUT2D eigenvalue weighted by Gasteiger charge is -2.03. The van der Waals surface area contributed by atoms with Crippen LogP contribution in [0.2, 0.25) is 0 Å². The summed E-state index contributed by atoms with van der Waals surface area (Å²) in [4.78, 5) is 0.431. The van der Waals surface area contributed by atoms with Crippen LogP contribution < -0.4 is 4.74 Å². The SMILES string of the molecule is COc1ccc(CC(CCCl)=S(=O)=O)cc1. The number of halogens is 1. The van der Waals surface area contributed by atoms with Gasteiger partial charge in [-0.1, -0.05) is 12.1 Å². The molecule has 16 heavy (non-hydrogen) atoms. The molecule has 0 aromatic heterocycles. The molecule has 0 fully saturated rings. The molecule has 0 aliphatic heterocycles. The van der Waals surface area contributed by atoms with Gasteiger partial charge in [0.2, 0.25) is 10.3 Å². The van der Waals surface area contributed by atoms with Crippen LogP contribution in [-0.2, 0) is 16.7 Å². The van der Waals surface area contributed by atoms with Crippen molar-refractivity contribution >= 4 is 26.8 Å². The first-order chi connectivity index (χ1) is 7.67. The average Bonchev–Trinajstić information content (AvgIpc) is 2.29. The maximum absolute atomic E-state index is 10.9. The summed E-state index contributed by atoms with van der Waals surface area (Å²) in [7, 11) is -0.570. The Balaban J connectivity index is 2.83. The molecule has 0 heterocycles. The van der Waals surface area contributed by atoms with Gasteiger partial charge in [-0.25, -0.2) is 0 Å². The maximum atomic E-state index is 10.9. The van der Waals surface area contributed by atoms with Crippen molar-refractivity contribution in [3.63, 3.8) is 0 Å². The lowest BCUT2D eigenvalue weighted by Crippen LogP contribution is -2.05. The Morgan fingerprint density at radius 1 is 1.31 bits per heavy atom. The van der Waals surface area contributed by atoms with Gasteiger partial charge in [0.15, 0.2) is 0 Å². The highest BCUT2D eigenvalue weighted by Gasteiger charge is 2.03. The van der Waals surface area contributed by atoms with Gasteiger partial charge >= 0.3 is 0 Å². The van der Waals surface area contributed by atoms with E-state index in [-0.39, 0.29) is 0 Å². The predicted octanol–water partition coefficient (Wildman–Crippen LogP) is 1.92. The van der Waals surface area contributed by atoms with Gasteiger partial charge in [0, 0.05) is 12.3 Å². The summed E-state index contributed by atoms with van der Waals surface area (Å²) < 4.78 is 26.8. The smallest absolute Gasteiger partial charge is 0.213 e. The Bertz CT molecular complexity index is 455. The number of rotatable bonds is 5. The van der Waals surface area contributed by atoms with E-state index in [2.05, 4.69) is 0 Å². The van der Waals surface area contributed by atoms with Gasteiger partial charge in [-0.05, 0) is 24.1 Å². The van der Waals surface area contributed by atoms with Crippen molar-refractivity contribution in [1.82, 2.24) is 0 Å². The standard InChI is InChI=1S/C11H13ClO3S/c1-15-10-4-2-9(3-5-10)8-11(6-7-12)16(13)14/h2-5H,6-8H2,1H3. The summed E-state index contributed by atoms with van der Waals surface area (Å²) in [5.41, 5.74) is 0.935. The lowest BCUT2D eigenvalue weighted by molar-refractivity contribution is 0.414. The Hall–Kier alpha value is -1.00. The molecule has 0 bridgehead atoms. The molecule has 0 saturated heterocycles. The fourth-order valence-electron chi connectivity index (χ4n) is 1.31. The number of hydrogen-bond acceptors (Lipinski definition) is 3. The van der Waals surface area contributed by atoms with Gasteiger partial charge in [-0.15, -0.1) is 11.6 Å². The first kappa shape index (κ1) is 13.1. The number of hydrogen-bond donors (Lipinski definition) is 0. The molecule has 0 radical (unpaired) electrons. The fourth-order valence-corrected chi connectivity index (χ4v) is 2.20. The van der Waals surface area contributed by atoms with E-state index in [1.54, 1.807) is 19.2 Å². The van der Waals surface area contributed by atoms with Crippen LogP contribution in [0.15, 0.2) is 24.3 Å². The second-order valence-corrected chi connectivity index (χ2v) is 4.66. The van der Waals surface area contributed by atoms with Crippen molar-refractivity contribution in [2.75, 3.05) is 13.0 Å². The van der Waals surface area contributed by atoms with Crippen molar-refractivity contribution in [3.05, 3.63) is 29.8 Å². The molecule has 3 nitrogen and oxygen atoms in total. The van der Waals surface area contributed by atoms with Crippen LogP contribution in [0.25, 0.3) is 0 Å². The molecule has 0 atom stereocenters. The summed E-state index contributed by atoms with van der Waals surface area (Å²) in [6, 6.07) is 7.31. The average molecular weight is 261 g/mol. The minimum Gasteiger partial charge on any atom is -0.497 e. The Labute approximate surface area is 102 Å². The highest BCUT2D eigenvalue weighted by Crippen LogP contribution is 2.12. The van der Waals surface area contributed by atoms with E-state index < -0.39 is 10.3 Å². The van der Waals surface area contributed by atoms with E-state index in [0.717, 1.165) is 11.3 Å². The third-order valence-electron chi connectivity index (χ3n) is 2.17. The monoisotopic (exact) mass is 260 g/mol. The van der Waals surface area contributed by atoms with Gasteiger partial charge < -0.3 is 4.74 Å². The molecule has 0 aliphatic rings. The van der Waals surface area contributed by atoms with Crippen molar-refractivity contribution in [1.29, 1.82) is 0 Å². The molecule has 5 heteroatoms. The van der Waals surface area contributed by atoms with Crippen LogP contribution in [0.3, 0.4) is 0 Å². The van der Waals surface area contributed by atoms with Crippen molar-refractivity contribution in [3.8, 4) is 5.75 Å². The minimum absolute atomic E-state index is 0.319. The molecule has 0 amide bonds. The number of ether oxygens (including phenoxy) is 1. The number of alkyl halides is 1. The summed E-state index contributed by atoms with van der Waals surface area (Å²) in [5, 5.41) is 0. The molecule has 0 unspecified atom stereocenters. The Kier molecular flexibility index (Phi) is 5.35. The first-order valence-corrected chi connectivity index (χ1v) is 6.41. The Morgan fingerprint density at radius 2 is 1.94 bits per heavy atom. The summed E-state index contributed by atoms with van der Waals surface area (Å²) >= 11 is 5.54. The molecule has 1 aromatic carbocycles. The van der Waals surface area contributed by atoms with Gasteiger partial charge in [0.1, 0.15) is 5.75 Å². The molecule has 0 N–H and O–H groups in total. The number of benzene rings is 1. The predicted molar refractivity (Wildman–Crippen MR) is 66.0 cm³/mol. The van der Waals surface area contributed by atoms with E-state index >= 15 is 0 Å². The fraction of sp³-hybridized carbons (Fsp3) is 0.364. The third-order valence-corrected chi connectivity index (χ3v) is 3.18. The zero-order valence-electron chi connectivity index (χ0n) is 8.94. The van der Waals surface area contributed by atoms with E-state index in [4.69, 9.17) is 16.3 Å². The highest BCUT2D eigenvalue weighted by atomic mass is 35.5. The Morgan fingerprint density at radius 3 is 2.38 bits per heavy atom. The van der Waals surface area contributed by atoms with Crippen LogP contribution in [0.5, 0.6) is 5.75 Å². The zero-order valence-corrected chi connectivity index (χ0v) is 10.5. The number of methoxy groups -OCH3 is 1. The van der Waals surface area contributed by atoms with Crippen LogP contribution >= 0.6 is 11.6 Å². The summed E-state index contributed by atoms with van der Waals surface area (Å²) in [6.45, 7) is 0. The van der Waals surface area contributed by atoms with E-state index in [9.17, 15) is 8.42 Å². The molecule has 88 valence electrons.